The Kier molecular flexibility index (Phi) is 5.94. The van der Waals surface area contributed by atoms with E-state index in [1.165, 1.54) is 10.5 Å². The summed E-state index contributed by atoms with van der Waals surface area (Å²) >= 11 is 5.18. The van der Waals surface area contributed by atoms with Crippen LogP contribution in [0.1, 0.15) is 18.5 Å². The predicted octanol–water partition coefficient (Wildman–Crippen LogP) is 0.356. The van der Waals surface area contributed by atoms with Gasteiger partial charge in [-0.3, -0.25) is 0 Å². The van der Waals surface area contributed by atoms with Crippen molar-refractivity contribution in [2.45, 2.75) is 13.0 Å². The number of benzene rings is 1. The summed E-state index contributed by atoms with van der Waals surface area (Å²) in [4.78, 5) is 1.39. The number of nitrogens with one attached hydrogen (secondary N) is 3. The number of rotatable bonds is 5. The van der Waals surface area contributed by atoms with Gasteiger partial charge in [0.15, 0.2) is 5.11 Å². The molecule has 0 heterocycles. The molecule has 0 unspecified atom stereocenters. The minimum absolute atomic E-state index is 0.410. The van der Waals surface area contributed by atoms with E-state index in [4.69, 9.17) is 12.2 Å². The normalized spacial score (nSPS) is 12.2. The summed E-state index contributed by atoms with van der Waals surface area (Å²) in [5.41, 5.74) is 1.33. The highest BCUT2D eigenvalue weighted by molar-refractivity contribution is 7.80. The van der Waals surface area contributed by atoms with Crippen LogP contribution in [-0.4, -0.2) is 32.3 Å². The molecule has 0 aliphatic carbocycles. The van der Waals surface area contributed by atoms with Gasteiger partial charge in [0, 0.05) is 12.1 Å². The van der Waals surface area contributed by atoms with E-state index in [1.54, 1.807) is 0 Å². The standard InChI is InChI=1S/C13H21N3S/c1-4-14-13(17)15-10-12(16(2)3)11-8-6-5-7-9-11/h5-9,12H,4,10H2,1-3H3,(H2,14,15,17)/p+1/t12-/m1/s1. The molecule has 0 aliphatic rings. The lowest BCUT2D eigenvalue weighted by Crippen LogP contribution is -3.07. The van der Waals surface area contributed by atoms with E-state index in [0.717, 1.165) is 18.2 Å². The molecule has 0 amide bonds. The highest BCUT2D eigenvalue weighted by atomic mass is 32.1. The Balaban J connectivity index is 2.59. The van der Waals surface area contributed by atoms with Crippen molar-refractivity contribution < 1.29 is 4.90 Å². The molecule has 1 rings (SSSR count). The molecular formula is C13H22N3S+. The lowest BCUT2D eigenvalue weighted by molar-refractivity contribution is -0.890. The monoisotopic (exact) mass is 252 g/mol. The van der Waals surface area contributed by atoms with Crippen molar-refractivity contribution in [1.82, 2.24) is 10.6 Å². The first-order chi connectivity index (χ1) is 8.15. The summed E-state index contributed by atoms with van der Waals surface area (Å²) in [7, 11) is 4.32. The zero-order chi connectivity index (χ0) is 12.7. The van der Waals surface area contributed by atoms with Crippen molar-refractivity contribution in [3.63, 3.8) is 0 Å². The Morgan fingerprint density at radius 2 is 1.88 bits per heavy atom. The highest BCUT2D eigenvalue weighted by Gasteiger charge is 2.17. The van der Waals surface area contributed by atoms with E-state index < -0.39 is 0 Å². The summed E-state index contributed by atoms with van der Waals surface area (Å²) in [6.45, 7) is 3.74. The third-order valence-corrected chi connectivity index (χ3v) is 2.99. The zero-order valence-electron chi connectivity index (χ0n) is 10.8. The summed E-state index contributed by atoms with van der Waals surface area (Å²) in [6.07, 6.45) is 0. The van der Waals surface area contributed by atoms with E-state index in [9.17, 15) is 0 Å². The summed E-state index contributed by atoms with van der Waals surface area (Å²) in [5, 5.41) is 7.10. The fraction of sp³-hybridized carbons (Fsp3) is 0.462. The van der Waals surface area contributed by atoms with Crippen LogP contribution in [0, 0.1) is 0 Å². The van der Waals surface area contributed by atoms with Crippen molar-refractivity contribution in [2.24, 2.45) is 0 Å². The van der Waals surface area contributed by atoms with Crippen LogP contribution in [0.5, 0.6) is 0 Å². The van der Waals surface area contributed by atoms with Crippen LogP contribution >= 0.6 is 12.2 Å². The number of thiocarbonyl (C=S) groups is 1. The van der Waals surface area contributed by atoms with Gasteiger partial charge in [0.05, 0.1) is 20.6 Å². The maximum atomic E-state index is 5.18. The van der Waals surface area contributed by atoms with E-state index in [-0.39, 0.29) is 0 Å². The minimum Gasteiger partial charge on any atom is -0.363 e. The van der Waals surface area contributed by atoms with Crippen molar-refractivity contribution in [3.8, 4) is 0 Å². The maximum absolute atomic E-state index is 5.18. The Hall–Kier alpha value is -1.13. The van der Waals surface area contributed by atoms with Gasteiger partial charge in [-0.1, -0.05) is 30.3 Å². The average Bonchev–Trinajstić information content (AvgIpc) is 2.30. The minimum atomic E-state index is 0.410. The Morgan fingerprint density at radius 3 is 2.41 bits per heavy atom. The van der Waals surface area contributed by atoms with Crippen molar-refractivity contribution in [1.29, 1.82) is 0 Å². The second-order valence-corrected chi connectivity index (χ2v) is 4.69. The van der Waals surface area contributed by atoms with Gasteiger partial charge in [-0.25, -0.2) is 0 Å². The maximum Gasteiger partial charge on any atom is 0.166 e. The molecule has 0 saturated heterocycles. The summed E-state index contributed by atoms with van der Waals surface area (Å²) in [5.74, 6) is 0. The fourth-order valence-electron chi connectivity index (χ4n) is 1.76. The summed E-state index contributed by atoms with van der Waals surface area (Å²) < 4.78 is 0. The Bertz CT molecular complexity index is 338. The molecule has 0 fully saturated rings. The van der Waals surface area contributed by atoms with Crippen LogP contribution in [0.25, 0.3) is 0 Å². The SMILES string of the molecule is CCNC(=S)NC[C@H](c1ccccc1)[NH+](C)C. The van der Waals surface area contributed by atoms with Gasteiger partial charge in [-0.15, -0.1) is 0 Å². The molecule has 17 heavy (non-hydrogen) atoms. The van der Waals surface area contributed by atoms with Crippen LogP contribution in [0.3, 0.4) is 0 Å². The molecule has 3 nitrogen and oxygen atoms in total. The molecule has 0 spiro atoms. The van der Waals surface area contributed by atoms with Gasteiger partial charge in [0.2, 0.25) is 0 Å². The van der Waals surface area contributed by atoms with Crippen LogP contribution in [-0.2, 0) is 0 Å². The molecule has 3 N–H and O–H groups in total. The molecule has 94 valence electrons. The van der Waals surface area contributed by atoms with Gasteiger partial charge in [0.25, 0.3) is 0 Å². The average molecular weight is 252 g/mol. The molecule has 4 heteroatoms. The van der Waals surface area contributed by atoms with Crippen molar-refractivity contribution in [3.05, 3.63) is 35.9 Å². The Morgan fingerprint density at radius 1 is 1.24 bits per heavy atom. The summed E-state index contributed by atoms with van der Waals surface area (Å²) in [6, 6.07) is 10.9. The molecule has 0 radical (unpaired) electrons. The number of hydrogen-bond donors (Lipinski definition) is 3. The molecule has 0 aromatic heterocycles. The van der Waals surface area contributed by atoms with Crippen LogP contribution in [0.15, 0.2) is 30.3 Å². The molecule has 0 aliphatic heterocycles. The predicted molar refractivity (Wildman–Crippen MR) is 76.3 cm³/mol. The molecule has 1 atom stereocenters. The molecule has 1 aromatic carbocycles. The highest BCUT2D eigenvalue weighted by Crippen LogP contribution is 2.07. The third-order valence-electron chi connectivity index (χ3n) is 2.70. The van der Waals surface area contributed by atoms with E-state index in [1.807, 2.05) is 13.0 Å². The van der Waals surface area contributed by atoms with Crippen molar-refractivity contribution in [2.75, 3.05) is 27.2 Å². The van der Waals surface area contributed by atoms with Gasteiger partial charge in [-0.2, -0.15) is 0 Å². The quantitative estimate of drug-likeness (QED) is 0.661. The number of hydrogen-bond acceptors (Lipinski definition) is 1. The van der Waals surface area contributed by atoms with Crippen LogP contribution in [0.4, 0.5) is 0 Å². The fourth-order valence-corrected chi connectivity index (χ4v) is 1.99. The smallest absolute Gasteiger partial charge is 0.166 e. The first-order valence-corrected chi connectivity index (χ1v) is 6.42. The molecule has 0 bridgehead atoms. The lowest BCUT2D eigenvalue weighted by atomic mass is 10.1. The van der Waals surface area contributed by atoms with E-state index in [0.29, 0.717) is 6.04 Å². The van der Waals surface area contributed by atoms with Crippen LogP contribution < -0.4 is 15.5 Å². The molecule has 0 saturated carbocycles. The van der Waals surface area contributed by atoms with Gasteiger partial charge >= 0.3 is 0 Å². The zero-order valence-corrected chi connectivity index (χ0v) is 11.6. The molecular weight excluding hydrogens is 230 g/mol. The second kappa shape index (κ2) is 7.25. The second-order valence-electron chi connectivity index (χ2n) is 4.28. The number of likely N-dealkylation sites (N-methyl/N-ethyl adjacent to an activating group) is 1. The van der Waals surface area contributed by atoms with Crippen molar-refractivity contribution >= 4 is 17.3 Å². The molecule has 1 aromatic rings. The Labute approximate surface area is 109 Å². The van der Waals surface area contributed by atoms with Crippen LogP contribution in [0.2, 0.25) is 0 Å². The van der Waals surface area contributed by atoms with Gasteiger partial charge in [-0.05, 0) is 19.1 Å². The third kappa shape index (κ3) is 4.71. The van der Waals surface area contributed by atoms with Gasteiger partial charge < -0.3 is 15.5 Å². The largest absolute Gasteiger partial charge is 0.363 e. The van der Waals surface area contributed by atoms with E-state index in [2.05, 4.69) is 49.0 Å². The first kappa shape index (κ1) is 13.9. The lowest BCUT2D eigenvalue weighted by Gasteiger charge is -2.22. The topological polar surface area (TPSA) is 28.5 Å². The van der Waals surface area contributed by atoms with Gasteiger partial charge in [0.1, 0.15) is 6.04 Å². The number of quaternary nitrogens is 1. The first-order valence-electron chi connectivity index (χ1n) is 6.01. The van der Waals surface area contributed by atoms with E-state index >= 15 is 0 Å².